The average Bonchev–Trinajstić information content (AvgIpc) is 2.36. The summed E-state index contributed by atoms with van der Waals surface area (Å²) < 4.78 is 37.5. The third kappa shape index (κ3) is 3.08. The fraction of sp³-hybridized carbons (Fsp3) is 0.231. The zero-order chi connectivity index (χ0) is 14.9. The van der Waals surface area contributed by atoms with Crippen LogP contribution in [0, 0.1) is 6.92 Å². The van der Waals surface area contributed by atoms with Gasteiger partial charge >= 0.3 is 6.18 Å². The van der Waals surface area contributed by atoms with Gasteiger partial charge in [0.15, 0.2) is 0 Å². The summed E-state index contributed by atoms with van der Waals surface area (Å²) in [5.74, 6) is 0. The molecule has 1 N–H and O–H groups in total. The second-order valence-electron chi connectivity index (χ2n) is 4.21. The van der Waals surface area contributed by atoms with E-state index >= 15 is 0 Å². The first-order valence-corrected chi connectivity index (χ1v) is 6.01. The third-order valence-electron chi connectivity index (χ3n) is 2.70. The van der Waals surface area contributed by atoms with Crippen LogP contribution in [0.25, 0.3) is 0 Å². The number of nitrogens with zero attached hydrogens (tertiary/aromatic N) is 2. The first-order chi connectivity index (χ1) is 9.29. The minimum absolute atomic E-state index is 0.116. The summed E-state index contributed by atoms with van der Waals surface area (Å²) in [6, 6.07) is 5.10. The highest BCUT2D eigenvalue weighted by Crippen LogP contribution is 2.32. The standard InChI is InChI=1S/C13H10ClF3N2O/c1-7-6-8(4-5-18-7)11(20)9-2-3-10(13(15,16)17)19-12(9)14/h2-6,11,20H,1H3. The van der Waals surface area contributed by atoms with Crippen LogP contribution in [0.1, 0.15) is 28.6 Å². The Balaban J connectivity index is 2.38. The molecule has 0 aromatic carbocycles. The molecule has 3 nitrogen and oxygen atoms in total. The Morgan fingerprint density at radius 3 is 2.50 bits per heavy atom. The van der Waals surface area contributed by atoms with E-state index in [0.29, 0.717) is 11.3 Å². The molecule has 0 saturated heterocycles. The van der Waals surface area contributed by atoms with E-state index < -0.39 is 18.0 Å². The number of pyridine rings is 2. The van der Waals surface area contributed by atoms with Crippen LogP contribution >= 0.6 is 11.6 Å². The van der Waals surface area contributed by atoms with Crippen molar-refractivity contribution < 1.29 is 18.3 Å². The number of hydrogen-bond donors (Lipinski definition) is 1. The lowest BCUT2D eigenvalue weighted by Gasteiger charge is -2.14. The van der Waals surface area contributed by atoms with Crippen LogP contribution in [0.2, 0.25) is 5.15 Å². The van der Waals surface area contributed by atoms with Crippen molar-refractivity contribution in [2.24, 2.45) is 0 Å². The molecule has 1 unspecified atom stereocenters. The van der Waals surface area contributed by atoms with Gasteiger partial charge < -0.3 is 5.11 Å². The second-order valence-corrected chi connectivity index (χ2v) is 4.57. The molecule has 0 radical (unpaired) electrons. The third-order valence-corrected chi connectivity index (χ3v) is 3.00. The van der Waals surface area contributed by atoms with E-state index in [1.54, 1.807) is 19.1 Å². The normalized spacial score (nSPS) is 13.3. The van der Waals surface area contributed by atoms with Crippen LogP contribution in [0.5, 0.6) is 0 Å². The Labute approximate surface area is 118 Å². The Morgan fingerprint density at radius 2 is 1.95 bits per heavy atom. The summed E-state index contributed by atoms with van der Waals surface area (Å²) >= 11 is 5.73. The number of aliphatic hydroxyl groups is 1. The fourth-order valence-corrected chi connectivity index (χ4v) is 1.98. The van der Waals surface area contributed by atoms with Crippen LogP contribution < -0.4 is 0 Å². The van der Waals surface area contributed by atoms with Gasteiger partial charge in [-0.3, -0.25) is 4.98 Å². The highest BCUT2D eigenvalue weighted by atomic mass is 35.5. The Hall–Kier alpha value is -1.66. The van der Waals surface area contributed by atoms with Crippen molar-refractivity contribution in [2.45, 2.75) is 19.2 Å². The van der Waals surface area contributed by atoms with E-state index in [2.05, 4.69) is 9.97 Å². The first-order valence-electron chi connectivity index (χ1n) is 5.63. The van der Waals surface area contributed by atoms with Crippen molar-refractivity contribution in [3.8, 4) is 0 Å². The molecule has 0 aliphatic carbocycles. The molecular formula is C13H10ClF3N2O. The van der Waals surface area contributed by atoms with E-state index in [1.807, 2.05) is 0 Å². The molecule has 2 rings (SSSR count). The van der Waals surface area contributed by atoms with Crippen molar-refractivity contribution in [1.82, 2.24) is 9.97 Å². The van der Waals surface area contributed by atoms with Gasteiger partial charge in [0, 0.05) is 17.5 Å². The molecule has 0 aliphatic rings. The fourth-order valence-electron chi connectivity index (χ4n) is 1.72. The predicted octanol–water partition coefficient (Wildman–Crippen LogP) is 3.54. The molecule has 0 bridgehead atoms. The van der Waals surface area contributed by atoms with Gasteiger partial charge in [0.2, 0.25) is 0 Å². The van der Waals surface area contributed by atoms with Gasteiger partial charge in [0.25, 0.3) is 0 Å². The van der Waals surface area contributed by atoms with Crippen LogP contribution in [-0.4, -0.2) is 15.1 Å². The highest BCUT2D eigenvalue weighted by molar-refractivity contribution is 6.30. The second kappa shape index (κ2) is 5.38. The average molecular weight is 303 g/mol. The smallest absolute Gasteiger partial charge is 0.384 e. The van der Waals surface area contributed by atoms with Gasteiger partial charge in [0.05, 0.1) is 0 Å². The summed E-state index contributed by atoms with van der Waals surface area (Å²) in [6.45, 7) is 1.74. The molecule has 20 heavy (non-hydrogen) atoms. The largest absolute Gasteiger partial charge is 0.433 e. The van der Waals surface area contributed by atoms with Crippen LogP contribution in [0.15, 0.2) is 30.5 Å². The summed E-state index contributed by atoms with van der Waals surface area (Å²) in [5.41, 5.74) is 0.188. The van der Waals surface area contributed by atoms with Crippen LogP contribution in [0.3, 0.4) is 0 Å². The zero-order valence-corrected chi connectivity index (χ0v) is 11.1. The van der Waals surface area contributed by atoms with Crippen molar-refractivity contribution >= 4 is 11.6 Å². The maximum atomic E-state index is 12.5. The maximum absolute atomic E-state index is 12.5. The SMILES string of the molecule is Cc1cc(C(O)c2ccc(C(F)(F)F)nc2Cl)ccn1. The molecule has 0 amide bonds. The molecule has 7 heteroatoms. The summed E-state index contributed by atoms with van der Waals surface area (Å²) in [6.07, 6.45) is -4.22. The molecule has 2 aromatic heterocycles. The van der Waals surface area contributed by atoms with Crippen LogP contribution in [0.4, 0.5) is 13.2 Å². The number of aromatic nitrogens is 2. The number of rotatable bonds is 2. The lowest BCUT2D eigenvalue weighted by atomic mass is 10.0. The minimum Gasteiger partial charge on any atom is -0.384 e. The van der Waals surface area contributed by atoms with Gasteiger partial charge in [-0.15, -0.1) is 0 Å². The van der Waals surface area contributed by atoms with Crippen LogP contribution in [-0.2, 0) is 6.18 Å². The predicted molar refractivity (Wildman–Crippen MR) is 67.3 cm³/mol. The van der Waals surface area contributed by atoms with Gasteiger partial charge in [-0.1, -0.05) is 17.7 Å². The monoisotopic (exact) mass is 302 g/mol. The van der Waals surface area contributed by atoms with E-state index in [-0.39, 0.29) is 10.7 Å². The van der Waals surface area contributed by atoms with Crippen molar-refractivity contribution in [2.75, 3.05) is 0 Å². The number of aliphatic hydroxyl groups excluding tert-OH is 1. The van der Waals surface area contributed by atoms with Crippen molar-refractivity contribution in [3.05, 3.63) is 58.1 Å². The molecular weight excluding hydrogens is 293 g/mol. The van der Waals surface area contributed by atoms with Gasteiger partial charge in [0.1, 0.15) is 17.0 Å². The lowest BCUT2D eigenvalue weighted by molar-refractivity contribution is -0.141. The first kappa shape index (κ1) is 14.7. The lowest BCUT2D eigenvalue weighted by Crippen LogP contribution is -2.10. The maximum Gasteiger partial charge on any atom is 0.433 e. The Bertz CT molecular complexity index is 631. The Kier molecular flexibility index (Phi) is 3.96. The van der Waals surface area contributed by atoms with Crippen molar-refractivity contribution in [1.29, 1.82) is 0 Å². The number of alkyl halides is 3. The molecule has 2 heterocycles. The topological polar surface area (TPSA) is 46.0 Å². The van der Waals surface area contributed by atoms with Gasteiger partial charge in [-0.05, 0) is 30.7 Å². The van der Waals surface area contributed by atoms with E-state index in [0.717, 1.165) is 12.1 Å². The molecule has 0 spiro atoms. The van der Waals surface area contributed by atoms with E-state index in [9.17, 15) is 18.3 Å². The van der Waals surface area contributed by atoms with Gasteiger partial charge in [-0.2, -0.15) is 13.2 Å². The van der Waals surface area contributed by atoms with E-state index in [1.165, 1.54) is 6.20 Å². The van der Waals surface area contributed by atoms with E-state index in [4.69, 9.17) is 11.6 Å². The summed E-state index contributed by atoms with van der Waals surface area (Å²) in [5, 5.41) is 9.78. The minimum atomic E-state index is -4.57. The molecule has 1 atom stereocenters. The molecule has 0 saturated carbocycles. The molecule has 0 fully saturated rings. The van der Waals surface area contributed by atoms with Gasteiger partial charge in [-0.25, -0.2) is 4.98 Å². The number of halogens is 4. The zero-order valence-electron chi connectivity index (χ0n) is 10.3. The number of hydrogen-bond acceptors (Lipinski definition) is 3. The highest BCUT2D eigenvalue weighted by Gasteiger charge is 2.33. The number of aryl methyl sites for hydroxylation is 1. The molecule has 2 aromatic rings. The summed E-state index contributed by atoms with van der Waals surface area (Å²) in [7, 11) is 0. The summed E-state index contributed by atoms with van der Waals surface area (Å²) in [4.78, 5) is 7.25. The van der Waals surface area contributed by atoms with Crippen molar-refractivity contribution in [3.63, 3.8) is 0 Å². The molecule has 0 aliphatic heterocycles. The Morgan fingerprint density at radius 1 is 1.25 bits per heavy atom. The quantitative estimate of drug-likeness (QED) is 0.863. The molecule has 106 valence electrons.